The van der Waals surface area contributed by atoms with E-state index < -0.39 is 18.9 Å². The molecule has 0 spiro atoms. The summed E-state index contributed by atoms with van der Waals surface area (Å²) in [5.74, 6) is -0.466. The zero-order valence-electron chi connectivity index (χ0n) is 9.18. The normalized spacial score (nSPS) is 10.8. The summed E-state index contributed by atoms with van der Waals surface area (Å²) in [5.41, 5.74) is 0.178. The van der Waals surface area contributed by atoms with E-state index in [1.54, 1.807) is 6.07 Å². The minimum absolute atomic E-state index is 0.0492. The molecule has 1 aromatic carbocycles. The molecule has 0 bridgehead atoms. The number of hydrogen-bond acceptors (Lipinski definition) is 1. The van der Waals surface area contributed by atoms with Crippen molar-refractivity contribution in [3.8, 4) is 0 Å². The van der Waals surface area contributed by atoms with Crippen molar-refractivity contribution in [1.29, 1.82) is 0 Å². The van der Waals surface area contributed by atoms with Crippen LogP contribution in [0.25, 0.3) is 0 Å². The van der Waals surface area contributed by atoms with Gasteiger partial charge in [0.05, 0.1) is 17.1 Å². The van der Waals surface area contributed by atoms with Crippen LogP contribution < -0.4 is 0 Å². The van der Waals surface area contributed by atoms with Crippen molar-refractivity contribution in [2.75, 3.05) is 19.0 Å². The molecule has 1 amide bonds. The van der Waals surface area contributed by atoms with Gasteiger partial charge in [0.25, 0.3) is 12.3 Å². The van der Waals surface area contributed by atoms with Crippen LogP contribution >= 0.6 is 39.1 Å². The molecule has 0 N–H and O–H groups in total. The lowest BCUT2D eigenvalue weighted by Gasteiger charge is -2.21. The van der Waals surface area contributed by atoms with E-state index in [4.69, 9.17) is 23.2 Å². The van der Waals surface area contributed by atoms with E-state index in [1.165, 1.54) is 12.1 Å². The predicted octanol–water partition coefficient (Wildman–Crippen LogP) is 4.05. The lowest BCUT2D eigenvalue weighted by atomic mass is 10.2. The first kappa shape index (κ1) is 15.7. The third kappa shape index (κ3) is 4.37. The smallest absolute Gasteiger partial charge is 0.255 e. The van der Waals surface area contributed by atoms with Gasteiger partial charge in [0.15, 0.2) is 0 Å². The van der Waals surface area contributed by atoms with Gasteiger partial charge in [-0.25, -0.2) is 8.78 Å². The Morgan fingerprint density at radius 1 is 1.44 bits per heavy atom. The SMILES string of the molecule is O=C(c1cc(Br)ccc1Cl)N(CCCl)CC(F)F. The average molecular weight is 361 g/mol. The van der Waals surface area contributed by atoms with Crippen molar-refractivity contribution in [3.05, 3.63) is 33.3 Å². The van der Waals surface area contributed by atoms with Crippen LogP contribution in [-0.4, -0.2) is 36.2 Å². The highest BCUT2D eigenvalue weighted by molar-refractivity contribution is 9.10. The van der Waals surface area contributed by atoms with Gasteiger partial charge in [-0.15, -0.1) is 11.6 Å². The minimum atomic E-state index is -2.61. The van der Waals surface area contributed by atoms with Crippen molar-refractivity contribution in [1.82, 2.24) is 4.90 Å². The van der Waals surface area contributed by atoms with E-state index in [1.807, 2.05) is 0 Å². The van der Waals surface area contributed by atoms with E-state index in [-0.39, 0.29) is 23.0 Å². The van der Waals surface area contributed by atoms with Gasteiger partial charge in [0.2, 0.25) is 0 Å². The molecule has 0 fully saturated rings. The highest BCUT2D eigenvalue weighted by Crippen LogP contribution is 2.22. The molecule has 1 aromatic rings. The third-order valence-corrected chi connectivity index (χ3v) is 3.15. The summed E-state index contributed by atoms with van der Waals surface area (Å²) < 4.78 is 25.4. The number of rotatable bonds is 5. The second-order valence-corrected chi connectivity index (χ2v) is 5.16. The van der Waals surface area contributed by atoms with Gasteiger partial charge in [0.1, 0.15) is 0 Å². The highest BCUT2D eigenvalue weighted by atomic mass is 79.9. The quantitative estimate of drug-likeness (QED) is 0.725. The maximum absolute atomic E-state index is 12.4. The summed E-state index contributed by atoms with van der Waals surface area (Å²) in [6.07, 6.45) is -2.61. The molecule has 100 valence electrons. The summed E-state index contributed by atoms with van der Waals surface area (Å²) in [4.78, 5) is 13.1. The number of halogens is 5. The molecular formula is C11H10BrCl2F2NO. The van der Waals surface area contributed by atoms with E-state index in [9.17, 15) is 13.6 Å². The fourth-order valence-corrected chi connectivity index (χ4v) is 2.14. The summed E-state index contributed by atoms with van der Waals surface area (Å²) in [6, 6.07) is 4.69. The number of alkyl halides is 3. The number of amides is 1. The van der Waals surface area contributed by atoms with Gasteiger partial charge in [-0.1, -0.05) is 27.5 Å². The second kappa shape index (κ2) is 7.26. The largest absolute Gasteiger partial charge is 0.332 e. The molecule has 1 rings (SSSR count). The third-order valence-electron chi connectivity index (χ3n) is 2.16. The van der Waals surface area contributed by atoms with Gasteiger partial charge in [-0.05, 0) is 18.2 Å². The summed E-state index contributed by atoms with van der Waals surface area (Å²) in [6.45, 7) is -0.609. The first-order chi connectivity index (χ1) is 8.45. The second-order valence-electron chi connectivity index (χ2n) is 3.46. The Kier molecular flexibility index (Phi) is 6.32. The Labute approximate surface area is 122 Å². The predicted molar refractivity (Wildman–Crippen MR) is 71.8 cm³/mol. The van der Waals surface area contributed by atoms with E-state index in [0.717, 1.165) is 4.90 Å². The number of carbonyl (C=O) groups excluding carboxylic acids is 1. The molecule has 7 heteroatoms. The van der Waals surface area contributed by atoms with Crippen LogP contribution in [0.3, 0.4) is 0 Å². The highest BCUT2D eigenvalue weighted by Gasteiger charge is 2.21. The molecule has 18 heavy (non-hydrogen) atoms. The summed E-state index contributed by atoms with van der Waals surface area (Å²) in [7, 11) is 0. The molecule has 0 aliphatic carbocycles. The fourth-order valence-electron chi connectivity index (χ4n) is 1.38. The summed E-state index contributed by atoms with van der Waals surface area (Å²) in [5, 5.41) is 0.219. The van der Waals surface area contributed by atoms with Crippen molar-refractivity contribution < 1.29 is 13.6 Å². The van der Waals surface area contributed by atoms with Crippen molar-refractivity contribution >= 4 is 45.0 Å². The maximum Gasteiger partial charge on any atom is 0.255 e. The Morgan fingerprint density at radius 2 is 2.11 bits per heavy atom. The lowest BCUT2D eigenvalue weighted by molar-refractivity contribution is 0.0571. The number of nitrogens with zero attached hydrogens (tertiary/aromatic N) is 1. The van der Waals surface area contributed by atoms with Crippen molar-refractivity contribution in [2.24, 2.45) is 0 Å². The number of hydrogen-bond donors (Lipinski definition) is 0. The Morgan fingerprint density at radius 3 is 2.67 bits per heavy atom. The topological polar surface area (TPSA) is 20.3 Å². The molecule has 0 unspecified atom stereocenters. The molecule has 0 aromatic heterocycles. The van der Waals surface area contributed by atoms with E-state index in [2.05, 4.69) is 15.9 Å². The average Bonchev–Trinajstić information content (AvgIpc) is 2.30. The van der Waals surface area contributed by atoms with E-state index in [0.29, 0.717) is 4.47 Å². The van der Waals surface area contributed by atoms with Gasteiger partial charge in [0, 0.05) is 16.9 Å². The van der Waals surface area contributed by atoms with Gasteiger partial charge in [-0.3, -0.25) is 4.79 Å². The van der Waals surface area contributed by atoms with Crippen LogP contribution in [0.1, 0.15) is 10.4 Å². The van der Waals surface area contributed by atoms with Crippen LogP contribution in [0.4, 0.5) is 8.78 Å². The van der Waals surface area contributed by atoms with E-state index >= 15 is 0 Å². The first-order valence-corrected chi connectivity index (χ1v) is 6.74. The first-order valence-electron chi connectivity index (χ1n) is 5.04. The van der Waals surface area contributed by atoms with Crippen molar-refractivity contribution in [3.63, 3.8) is 0 Å². The Balaban J connectivity index is 2.97. The minimum Gasteiger partial charge on any atom is -0.332 e. The lowest BCUT2D eigenvalue weighted by Crippen LogP contribution is -2.36. The molecule has 0 aliphatic heterocycles. The molecule has 0 saturated carbocycles. The van der Waals surface area contributed by atoms with Crippen LogP contribution in [0.2, 0.25) is 5.02 Å². The van der Waals surface area contributed by atoms with Gasteiger partial charge >= 0.3 is 0 Å². The van der Waals surface area contributed by atoms with Crippen LogP contribution in [-0.2, 0) is 0 Å². The van der Waals surface area contributed by atoms with Crippen LogP contribution in [0.5, 0.6) is 0 Å². The van der Waals surface area contributed by atoms with Crippen molar-refractivity contribution in [2.45, 2.75) is 6.43 Å². The van der Waals surface area contributed by atoms with Crippen LogP contribution in [0.15, 0.2) is 22.7 Å². The molecule has 0 heterocycles. The van der Waals surface area contributed by atoms with Gasteiger partial charge < -0.3 is 4.90 Å². The fraction of sp³-hybridized carbons (Fsp3) is 0.364. The monoisotopic (exact) mass is 359 g/mol. The molecule has 0 atom stereocenters. The molecule has 2 nitrogen and oxygen atoms in total. The Hall–Kier alpha value is -0.390. The summed E-state index contributed by atoms with van der Waals surface area (Å²) >= 11 is 14.6. The van der Waals surface area contributed by atoms with Crippen LogP contribution in [0, 0.1) is 0 Å². The molecule has 0 radical (unpaired) electrons. The van der Waals surface area contributed by atoms with Gasteiger partial charge in [-0.2, -0.15) is 0 Å². The number of benzene rings is 1. The standard InChI is InChI=1S/C11H10BrCl2F2NO/c12-7-1-2-9(14)8(5-7)11(18)17(4-3-13)6-10(15)16/h1-2,5,10H,3-4,6H2. The molecule has 0 aliphatic rings. The maximum atomic E-state index is 12.4. The number of carbonyl (C=O) groups is 1. The zero-order chi connectivity index (χ0) is 13.7. The molecule has 0 saturated heterocycles. The molecular weight excluding hydrogens is 351 g/mol. The Bertz CT molecular complexity index is 432. The zero-order valence-corrected chi connectivity index (χ0v) is 12.3.